The highest BCUT2D eigenvalue weighted by Crippen LogP contribution is 2.25. The number of aldehydes is 1. The minimum atomic E-state index is -0.123. The van der Waals surface area contributed by atoms with Crippen molar-refractivity contribution in [3.8, 4) is 0 Å². The largest absolute Gasteiger partial charge is 0.303 e. The first-order chi connectivity index (χ1) is 5.65. The number of ketones is 1. The van der Waals surface area contributed by atoms with Gasteiger partial charge in [0.1, 0.15) is 6.29 Å². The van der Waals surface area contributed by atoms with E-state index in [0.717, 1.165) is 24.7 Å². The second-order valence-corrected chi connectivity index (χ2v) is 3.53. The summed E-state index contributed by atoms with van der Waals surface area (Å²) in [5, 5.41) is 0. The molecule has 0 aromatic carbocycles. The molecule has 1 aliphatic carbocycles. The third-order valence-corrected chi connectivity index (χ3v) is 2.45. The van der Waals surface area contributed by atoms with E-state index in [0.29, 0.717) is 0 Å². The van der Waals surface area contributed by atoms with E-state index >= 15 is 0 Å². The van der Waals surface area contributed by atoms with E-state index in [-0.39, 0.29) is 17.6 Å². The summed E-state index contributed by atoms with van der Waals surface area (Å²) in [7, 11) is 0. The summed E-state index contributed by atoms with van der Waals surface area (Å²) in [5.41, 5.74) is 1.13. The Bertz CT molecular complexity index is 228. The second-order valence-electron chi connectivity index (χ2n) is 3.53. The molecule has 66 valence electrons. The van der Waals surface area contributed by atoms with Gasteiger partial charge in [-0.15, -0.1) is 0 Å². The number of carbonyl (C=O) groups is 2. The summed E-state index contributed by atoms with van der Waals surface area (Å²) in [4.78, 5) is 21.8. The lowest BCUT2D eigenvalue weighted by atomic mass is 9.81. The van der Waals surface area contributed by atoms with E-state index in [1.165, 1.54) is 0 Å². The maximum atomic E-state index is 11.4. The van der Waals surface area contributed by atoms with Crippen LogP contribution in [0.5, 0.6) is 0 Å². The first kappa shape index (κ1) is 9.17. The van der Waals surface area contributed by atoms with Crippen molar-refractivity contribution < 1.29 is 9.59 Å². The maximum absolute atomic E-state index is 11.4. The smallest absolute Gasteiger partial charge is 0.159 e. The zero-order valence-corrected chi connectivity index (χ0v) is 7.54. The Morgan fingerprint density at radius 3 is 2.83 bits per heavy atom. The molecule has 0 fully saturated rings. The van der Waals surface area contributed by atoms with E-state index < -0.39 is 0 Å². The topological polar surface area (TPSA) is 34.1 Å². The van der Waals surface area contributed by atoms with Crippen LogP contribution in [0.3, 0.4) is 0 Å². The normalized spacial score (nSPS) is 26.3. The van der Waals surface area contributed by atoms with Crippen LogP contribution in [0.2, 0.25) is 0 Å². The van der Waals surface area contributed by atoms with Gasteiger partial charge in [-0.05, 0) is 25.8 Å². The van der Waals surface area contributed by atoms with E-state index in [1.807, 2.05) is 13.8 Å². The summed E-state index contributed by atoms with van der Waals surface area (Å²) in [6.45, 7) is 3.77. The van der Waals surface area contributed by atoms with Crippen molar-refractivity contribution in [1.29, 1.82) is 0 Å². The average Bonchev–Trinajstić information content (AvgIpc) is 2.03. The van der Waals surface area contributed by atoms with Crippen LogP contribution in [-0.4, -0.2) is 12.1 Å². The lowest BCUT2D eigenvalue weighted by Gasteiger charge is -2.21. The molecule has 1 rings (SSSR count). The van der Waals surface area contributed by atoms with Gasteiger partial charge in [0.25, 0.3) is 0 Å². The molecule has 0 aromatic heterocycles. The zero-order valence-electron chi connectivity index (χ0n) is 7.54. The number of rotatable bonds is 2. The van der Waals surface area contributed by atoms with Crippen LogP contribution in [0.4, 0.5) is 0 Å². The Hall–Kier alpha value is -0.920. The Kier molecular flexibility index (Phi) is 2.79. The molecule has 2 atom stereocenters. The number of hydrogen-bond donors (Lipinski definition) is 0. The summed E-state index contributed by atoms with van der Waals surface area (Å²) in [5.74, 6) is -0.0635. The van der Waals surface area contributed by atoms with Gasteiger partial charge < -0.3 is 4.79 Å². The summed E-state index contributed by atoms with van der Waals surface area (Å²) in [6, 6.07) is 0. The fraction of sp³-hybridized carbons (Fsp3) is 0.600. The average molecular weight is 166 g/mol. The van der Waals surface area contributed by atoms with Crippen molar-refractivity contribution in [1.82, 2.24) is 0 Å². The van der Waals surface area contributed by atoms with Crippen LogP contribution >= 0.6 is 0 Å². The SMILES string of the molecule is CC1=CC(=O)C(C(C)C=O)CC1. The summed E-state index contributed by atoms with van der Waals surface area (Å²) in [6.07, 6.45) is 4.33. The van der Waals surface area contributed by atoms with Crippen molar-refractivity contribution in [3.63, 3.8) is 0 Å². The highest BCUT2D eigenvalue weighted by atomic mass is 16.1. The lowest BCUT2D eigenvalue weighted by molar-refractivity contribution is -0.124. The van der Waals surface area contributed by atoms with Crippen molar-refractivity contribution in [3.05, 3.63) is 11.6 Å². The van der Waals surface area contributed by atoms with Crippen LogP contribution < -0.4 is 0 Å². The molecule has 12 heavy (non-hydrogen) atoms. The van der Waals surface area contributed by atoms with Crippen molar-refractivity contribution >= 4 is 12.1 Å². The fourth-order valence-corrected chi connectivity index (χ4v) is 1.56. The zero-order chi connectivity index (χ0) is 9.14. The van der Waals surface area contributed by atoms with Crippen molar-refractivity contribution in [2.45, 2.75) is 26.7 Å². The molecule has 0 spiro atoms. The van der Waals surface area contributed by atoms with Gasteiger partial charge in [-0.25, -0.2) is 0 Å². The summed E-state index contributed by atoms with van der Waals surface area (Å²) < 4.78 is 0. The molecule has 0 aromatic rings. The van der Waals surface area contributed by atoms with Gasteiger partial charge in [0.2, 0.25) is 0 Å². The second kappa shape index (κ2) is 3.65. The fourth-order valence-electron chi connectivity index (χ4n) is 1.56. The highest BCUT2D eigenvalue weighted by molar-refractivity contribution is 5.94. The van der Waals surface area contributed by atoms with Crippen LogP contribution in [0.1, 0.15) is 26.7 Å². The molecule has 0 heterocycles. The lowest BCUT2D eigenvalue weighted by Crippen LogP contribution is -2.24. The molecule has 2 heteroatoms. The predicted octanol–water partition coefficient (Wildman–Crippen LogP) is 1.75. The maximum Gasteiger partial charge on any atom is 0.159 e. The van der Waals surface area contributed by atoms with Crippen molar-refractivity contribution in [2.75, 3.05) is 0 Å². The van der Waals surface area contributed by atoms with Crippen LogP contribution in [0, 0.1) is 11.8 Å². The molecular formula is C10H14O2. The quantitative estimate of drug-likeness (QED) is 0.585. The monoisotopic (exact) mass is 166 g/mol. The molecule has 0 saturated carbocycles. The van der Waals surface area contributed by atoms with Gasteiger partial charge in [-0.1, -0.05) is 12.5 Å². The Morgan fingerprint density at radius 2 is 2.33 bits per heavy atom. The van der Waals surface area contributed by atoms with Gasteiger partial charge in [-0.2, -0.15) is 0 Å². The van der Waals surface area contributed by atoms with Gasteiger partial charge in [-0.3, -0.25) is 4.79 Å². The van der Waals surface area contributed by atoms with E-state index in [1.54, 1.807) is 6.08 Å². The van der Waals surface area contributed by atoms with Gasteiger partial charge >= 0.3 is 0 Å². The molecule has 0 saturated heterocycles. The van der Waals surface area contributed by atoms with Crippen molar-refractivity contribution in [2.24, 2.45) is 11.8 Å². The van der Waals surface area contributed by atoms with E-state index in [2.05, 4.69) is 0 Å². The first-order valence-electron chi connectivity index (χ1n) is 4.31. The van der Waals surface area contributed by atoms with Crippen LogP contribution in [-0.2, 0) is 9.59 Å². The number of allylic oxidation sites excluding steroid dienone is 2. The van der Waals surface area contributed by atoms with Gasteiger partial charge in [0, 0.05) is 11.8 Å². The van der Waals surface area contributed by atoms with E-state index in [4.69, 9.17) is 0 Å². The first-order valence-corrected chi connectivity index (χ1v) is 4.31. The number of hydrogen-bond acceptors (Lipinski definition) is 2. The molecule has 0 radical (unpaired) electrons. The molecule has 2 nitrogen and oxygen atoms in total. The highest BCUT2D eigenvalue weighted by Gasteiger charge is 2.25. The minimum absolute atomic E-state index is 0.0637. The minimum Gasteiger partial charge on any atom is -0.303 e. The van der Waals surface area contributed by atoms with Crippen LogP contribution in [0.15, 0.2) is 11.6 Å². The molecule has 0 aliphatic heterocycles. The molecule has 0 bridgehead atoms. The Morgan fingerprint density at radius 1 is 1.67 bits per heavy atom. The third-order valence-electron chi connectivity index (χ3n) is 2.45. The molecule has 1 aliphatic rings. The molecule has 0 N–H and O–H groups in total. The van der Waals surface area contributed by atoms with Gasteiger partial charge in [0.15, 0.2) is 5.78 Å². The molecule has 0 amide bonds. The molecular weight excluding hydrogens is 152 g/mol. The number of carbonyl (C=O) groups excluding carboxylic acids is 2. The molecule has 2 unspecified atom stereocenters. The van der Waals surface area contributed by atoms with E-state index in [9.17, 15) is 9.59 Å². The Balaban J connectivity index is 2.71. The summed E-state index contributed by atoms with van der Waals surface area (Å²) >= 11 is 0. The van der Waals surface area contributed by atoms with Crippen LogP contribution in [0.25, 0.3) is 0 Å². The van der Waals surface area contributed by atoms with Gasteiger partial charge in [0.05, 0.1) is 0 Å². The third kappa shape index (κ3) is 1.81. The standard InChI is InChI=1S/C10H14O2/c1-7-3-4-9(8(2)6-11)10(12)5-7/h5-6,8-9H,3-4H2,1-2H3. The Labute approximate surface area is 72.7 Å². The predicted molar refractivity (Wildman–Crippen MR) is 46.7 cm³/mol.